The topological polar surface area (TPSA) is 126 Å². The van der Waals surface area contributed by atoms with Crippen molar-refractivity contribution < 1.29 is 13.2 Å². The fraction of sp³-hybridized carbons (Fsp3) is 0.333. The number of nitrogens with zero attached hydrogens (tertiary/aromatic N) is 5. The van der Waals surface area contributed by atoms with Gasteiger partial charge in [-0.15, -0.1) is 0 Å². The summed E-state index contributed by atoms with van der Waals surface area (Å²) in [5.41, 5.74) is 2.06. The summed E-state index contributed by atoms with van der Waals surface area (Å²) >= 11 is 0. The first kappa shape index (κ1) is 20.4. The fourth-order valence-corrected chi connectivity index (χ4v) is 4.83. The molecule has 0 aliphatic carbocycles. The molecule has 1 saturated heterocycles. The Morgan fingerprint density at radius 2 is 1.97 bits per heavy atom. The molecule has 32 heavy (non-hydrogen) atoms. The molecule has 11 heteroatoms. The van der Waals surface area contributed by atoms with Gasteiger partial charge in [0, 0.05) is 43.2 Å². The average molecular weight is 454 g/mol. The molecule has 0 saturated carbocycles. The van der Waals surface area contributed by atoms with E-state index in [2.05, 4.69) is 25.6 Å². The Hall–Kier alpha value is -3.47. The van der Waals surface area contributed by atoms with E-state index in [1.54, 1.807) is 37.5 Å². The first-order chi connectivity index (χ1) is 15.3. The van der Waals surface area contributed by atoms with Gasteiger partial charge < -0.3 is 10.2 Å². The minimum atomic E-state index is -3.35. The SMILES string of the molecule is CC(=O)N1CCC(n2cc(Nc3nc4cc(S(C)(=O)=O)ccc4c4cn[nH]c34)cn2)CC1. The number of fused-ring (bicyclic) bond motifs is 3. The number of amides is 1. The Bertz CT molecular complexity index is 1430. The molecular formula is C21H23N7O3S. The largest absolute Gasteiger partial charge is 0.343 e. The van der Waals surface area contributed by atoms with Crippen molar-refractivity contribution in [2.24, 2.45) is 0 Å². The molecule has 5 rings (SSSR count). The molecule has 10 nitrogen and oxygen atoms in total. The van der Waals surface area contributed by atoms with Crippen LogP contribution in [0.4, 0.5) is 11.5 Å². The molecule has 166 valence electrons. The number of nitrogens with one attached hydrogen (secondary N) is 2. The van der Waals surface area contributed by atoms with Crippen LogP contribution in [-0.4, -0.2) is 63.5 Å². The van der Waals surface area contributed by atoms with Gasteiger partial charge >= 0.3 is 0 Å². The zero-order valence-electron chi connectivity index (χ0n) is 17.7. The summed E-state index contributed by atoms with van der Waals surface area (Å²) in [7, 11) is -3.35. The van der Waals surface area contributed by atoms with E-state index >= 15 is 0 Å². The van der Waals surface area contributed by atoms with Crippen LogP contribution < -0.4 is 5.32 Å². The summed E-state index contributed by atoms with van der Waals surface area (Å²) in [5, 5.41) is 16.6. The van der Waals surface area contributed by atoms with Crippen LogP contribution in [0, 0.1) is 0 Å². The van der Waals surface area contributed by atoms with Gasteiger partial charge in [0.05, 0.1) is 34.5 Å². The minimum Gasteiger partial charge on any atom is -0.343 e. The molecule has 0 spiro atoms. The van der Waals surface area contributed by atoms with E-state index in [0.29, 0.717) is 11.3 Å². The number of sulfone groups is 1. The quantitative estimate of drug-likeness (QED) is 0.486. The van der Waals surface area contributed by atoms with Gasteiger partial charge in [0.1, 0.15) is 5.52 Å². The van der Waals surface area contributed by atoms with E-state index in [-0.39, 0.29) is 16.8 Å². The molecule has 1 aromatic carbocycles. The number of hydrogen-bond acceptors (Lipinski definition) is 7. The van der Waals surface area contributed by atoms with E-state index in [0.717, 1.165) is 47.9 Å². The molecule has 1 aliphatic rings. The Morgan fingerprint density at radius 3 is 2.69 bits per heavy atom. The van der Waals surface area contributed by atoms with Gasteiger partial charge in [0.15, 0.2) is 15.7 Å². The summed E-state index contributed by atoms with van der Waals surface area (Å²) in [6, 6.07) is 5.15. The smallest absolute Gasteiger partial charge is 0.219 e. The molecule has 0 bridgehead atoms. The zero-order chi connectivity index (χ0) is 22.5. The summed E-state index contributed by atoms with van der Waals surface area (Å²) in [6.45, 7) is 3.06. The van der Waals surface area contributed by atoms with Crippen LogP contribution in [0.1, 0.15) is 25.8 Å². The molecule has 4 aromatic rings. The number of likely N-dealkylation sites (tertiary alicyclic amines) is 1. The highest BCUT2D eigenvalue weighted by molar-refractivity contribution is 7.90. The zero-order valence-corrected chi connectivity index (χ0v) is 18.6. The maximum Gasteiger partial charge on any atom is 0.219 e. The van der Waals surface area contributed by atoms with Crippen molar-refractivity contribution in [2.75, 3.05) is 24.7 Å². The number of rotatable bonds is 4. The molecule has 1 amide bonds. The molecule has 0 radical (unpaired) electrons. The van der Waals surface area contributed by atoms with Gasteiger partial charge in [-0.05, 0) is 25.0 Å². The number of pyridine rings is 1. The van der Waals surface area contributed by atoms with Gasteiger partial charge in [-0.3, -0.25) is 14.6 Å². The predicted octanol–water partition coefficient (Wildman–Crippen LogP) is 2.64. The van der Waals surface area contributed by atoms with Gasteiger partial charge in [0.25, 0.3) is 0 Å². The first-order valence-electron chi connectivity index (χ1n) is 10.3. The standard InChI is InChI=1S/C21H23N7O3S/c1-13(29)27-7-5-15(6-8-27)28-12-14(10-23-28)24-21-20-18(11-22-26-20)17-4-3-16(32(2,30)31)9-19(17)25-21/h3-4,9-12,15H,5-8H2,1-2H3,(H,22,26)(H,24,25). The first-order valence-corrected chi connectivity index (χ1v) is 12.2. The number of aromatic nitrogens is 5. The monoisotopic (exact) mass is 453 g/mol. The number of carbonyl (C=O) groups excluding carboxylic acids is 1. The average Bonchev–Trinajstić information content (AvgIpc) is 3.43. The van der Waals surface area contributed by atoms with Gasteiger partial charge in [-0.1, -0.05) is 6.07 Å². The normalized spacial score (nSPS) is 15.5. The van der Waals surface area contributed by atoms with Gasteiger partial charge in [-0.2, -0.15) is 10.2 Å². The van der Waals surface area contributed by atoms with E-state index < -0.39 is 9.84 Å². The van der Waals surface area contributed by atoms with E-state index in [4.69, 9.17) is 0 Å². The van der Waals surface area contributed by atoms with E-state index in [1.807, 2.05) is 15.8 Å². The Balaban J connectivity index is 1.45. The Kier molecular flexibility index (Phi) is 4.85. The Labute approximate surface area is 184 Å². The number of H-pyrrole nitrogens is 1. The second-order valence-electron chi connectivity index (χ2n) is 8.14. The van der Waals surface area contributed by atoms with Crippen molar-refractivity contribution in [2.45, 2.75) is 30.7 Å². The fourth-order valence-electron chi connectivity index (χ4n) is 4.18. The minimum absolute atomic E-state index is 0.108. The van der Waals surface area contributed by atoms with Crippen LogP contribution in [0.2, 0.25) is 0 Å². The highest BCUT2D eigenvalue weighted by Crippen LogP contribution is 2.31. The van der Waals surface area contributed by atoms with Crippen LogP contribution in [-0.2, 0) is 14.6 Å². The van der Waals surface area contributed by atoms with Crippen LogP contribution >= 0.6 is 0 Å². The Morgan fingerprint density at radius 1 is 1.19 bits per heavy atom. The number of aromatic amines is 1. The van der Waals surface area contributed by atoms with Crippen LogP contribution in [0.25, 0.3) is 21.8 Å². The number of hydrogen-bond donors (Lipinski definition) is 2. The van der Waals surface area contributed by atoms with Crippen molar-refractivity contribution in [1.29, 1.82) is 0 Å². The van der Waals surface area contributed by atoms with Gasteiger partial charge in [-0.25, -0.2) is 13.4 Å². The summed E-state index contributed by atoms with van der Waals surface area (Å²) < 4.78 is 25.9. The number of anilines is 2. The van der Waals surface area contributed by atoms with Crippen molar-refractivity contribution in [3.8, 4) is 0 Å². The van der Waals surface area contributed by atoms with Crippen molar-refractivity contribution in [3.05, 3.63) is 36.8 Å². The molecule has 1 aliphatic heterocycles. The molecule has 1 fully saturated rings. The summed E-state index contributed by atoms with van der Waals surface area (Å²) in [6.07, 6.45) is 8.26. The molecule has 2 N–H and O–H groups in total. The summed E-state index contributed by atoms with van der Waals surface area (Å²) in [4.78, 5) is 18.3. The third kappa shape index (κ3) is 3.68. The molecular weight excluding hydrogens is 430 g/mol. The molecule has 0 atom stereocenters. The summed E-state index contributed by atoms with van der Waals surface area (Å²) in [5.74, 6) is 0.651. The molecule has 4 heterocycles. The maximum absolute atomic E-state index is 12.0. The number of benzene rings is 1. The highest BCUT2D eigenvalue weighted by Gasteiger charge is 2.22. The second kappa shape index (κ2) is 7.59. The lowest BCUT2D eigenvalue weighted by molar-refractivity contribution is -0.130. The predicted molar refractivity (Wildman–Crippen MR) is 121 cm³/mol. The van der Waals surface area contributed by atoms with Crippen molar-refractivity contribution >= 4 is 49.1 Å². The van der Waals surface area contributed by atoms with Crippen LogP contribution in [0.3, 0.4) is 0 Å². The number of carbonyl (C=O) groups is 1. The van der Waals surface area contributed by atoms with E-state index in [1.165, 1.54) is 6.26 Å². The molecule has 0 unspecified atom stereocenters. The lowest BCUT2D eigenvalue weighted by Crippen LogP contribution is -2.37. The van der Waals surface area contributed by atoms with Crippen molar-refractivity contribution in [3.63, 3.8) is 0 Å². The number of piperidine rings is 1. The van der Waals surface area contributed by atoms with E-state index in [9.17, 15) is 13.2 Å². The van der Waals surface area contributed by atoms with Crippen LogP contribution in [0.5, 0.6) is 0 Å². The van der Waals surface area contributed by atoms with Gasteiger partial charge in [0.2, 0.25) is 5.91 Å². The highest BCUT2D eigenvalue weighted by atomic mass is 32.2. The molecule has 3 aromatic heterocycles. The van der Waals surface area contributed by atoms with Crippen molar-refractivity contribution in [1.82, 2.24) is 29.9 Å². The second-order valence-corrected chi connectivity index (χ2v) is 10.2. The third-order valence-electron chi connectivity index (χ3n) is 5.94. The van der Waals surface area contributed by atoms with Crippen LogP contribution in [0.15, 0.2) is 41.7 Å². The lowest BCUT2D eigenvalue weighted by Gasteiger charge is -2.31. The maximum atomic E-state index is 12.0. The lowest BCUT2D eigenvalue weighted by atomic mass is 10.1. The third-order valence-corrected chi connectivity index (χ3v) is 7.05.